The van der Waals surface area contributed by atoms with Crippen LogP contribution in [0, 0.1) is 5.92 Å². The first-order valence-electron chi connectivity index (χ1n) is 8.08. The Morgan fingerprint density at radius 3 is 2.50 bits per heavy atom. The van der Waals surface area contributed by atoms with Crippen LogP contribution in [-0.4, -0.2) is 44.2 Å². The second kappa shape index (κ2) is 8.32. The van der Waals surface area contributed by atoms with Crippen molar-refractivity contribution >= 4 is 5.97 Å². The molecule has 0 aliphatic carbocycles. The molecule has 0 amide bonds. The van der Waals surface area contributed by atoms with Crippen LogP contribution in [-0.2, 0) is 9.53 Å². The van der Waals surface area contributed by atoms with Crippen LogP contribution in [0.1, 0.15) is 31.7 Å². The number of hydrogen-bond acceptors (Lipinski definition) is 7. The number of nitrogens with one attached hydrogen (secondary N) is 2. The third kappa shape index (κ3) is 3.98. The molecule has 3 N–H and O–H groups in total. The molecule has 134 valence electrons. The molecule has 1 aliphatic heterocycles. The molecule has 1 aliphatic rings. The minimum atomic E-state index is -0.757. The average molecular weight is 338 g/mol. The maximum atomic E-state index is 12.1. The van der Waals surface area contributed by atoms with E-state index in [2.05, 4.69) is 10.9 Å². The second-order valence-corrected chi connectivity index (χ2v) is 5.83. The summed E-state index contributed by atoms with van der Waals surface area (Å²) in [6.45, 7) is 4.07. The summed E-state index contributed by atoms with van der Waals surface area (Å²) in [7, 11) is 3.14. The van der Waals surface area contributed by atoms with Crippen molar-refractivity contribution in [1.82, 2.24) is 10.9 Å². The molecule has 0 radical (unpaired) electrons. The number of hydrazine groups is 1. The molecule has 7 heteroatoms. The molecule has 1 fully saturated rings. The normalized spacial score (nSPS) is 24.5. The van der Waals surface area contributed by atoms with E-state index in [1.807, 2.05) is 19.1 Å². The van der Waals surface area contributed by atoms with Crippen molar-refractivity contribution < 1.29 is 24.1 Å². The minimum absolute atomic E-state index is 0.00692. The van der Waals surface area contributed by atoms with Crippen LogP contribution in [0.15, 0.2) is 18.2 Å². The molecule has 2 rings (SSSR count). The predicted octanol–water partition coefficient (Wildman–Crippen LogP) is 1.17. The number of carbonyl (C=O) groups excluding carboxylic acids is 1. The van der Waals surface area contributed by atoms with Gasteiger partial charge < -0.3 is 19.3 Å². The van der Waals surface area contributed by atoms with Crippen molar-refractivity contribution in [2.75, 3.05) is 20.8 Å². The van der Waals surface area contributed by atoms with E-state index < -0.39 is 6.23 Å². The average Bonchev–Trinajstić information content (AvgIpc) is 2.91. The zero-order chi connectivity index (χ0) is 17.7. The molecule has 7 nitrogen and oxygen atoms in total. The van der Waals surface area contributed by atoms with E-state index in [9.17, 15) is 9.90 Å². The highest BCUT2D eigenvalue weighted by Crippen LogP contribution is 2.38. The molecule has 0 aromatic heterocycles. The van der Waals surface area contributed by atoms with Gasteiger partial charge in [-0.1, -0.05) is 6.07 Å². The van der Waals surface area contributed by atoms with Crippen molar-refractivity contribution in [3.05, 3.63) is 23.8 Å². The van der Waals surface area contributed by atoms with Crippen LogP contribution in [0.3, 0.4) is 0 Å². The van der Waals surface area contributed by atoms with Crippen LogP contribution in [0.2, 0.25) is 0 Å². The highest BCUT2D eigenvalue weighted by atomic mass is 16.5. The lowest BCUT2D eigenvalue weighted by atomic mass is 9.79. The van der Waals surface area contributed by atoms with Gasteiger partial charge in [0.25, 0.3) is 0 Å². The smallest absolute Gasteiger partial charge is 0.306 e. The quantitative estimate of drug-likeness (QED) is 0.643. The van der Waals surface area contributed by atoms with Crippen LogP contribution in [0.25, 0.3) is 0 Å². The first kappa shape index (κ1) is 18.5. The second-order valence-electron chi connectivity index (χ2n) is 5.83. The van der Waals surface area contributed by atoms with Gasteiger partial charge in [0.1, 0.15) is 6.23 Å². The highest BCUT2D eigenvalue weighted by Gasteiger charge is 2.40. The molecule has 0 spiro atoms. The van der Waals surface area contributed by atoms with Crippen LogP contribution in [0.4, 0.5) is 0 Å². The highest BCUT2D eigenvalue weighted by molar-refractivity contribution is 5.70. The molecule has 24 heavy (non-hydrogen) atoms. The third-order valence-electron chi connectivity index (χ3n) is 4.39. The number of aliphatic hydroxyl groups is 1. The SMILES string of the molecule is CCOC(=O)CC(c1ccc(OC)c(OC)c1)C1C(C)NNC1O. The Morgan fingerprint density at radius 2 is 1.96 bits per heavy atom. The van der Waals surface area contributed by atoms with Crippen molar-refractivity contribution in [2.24, 2.45) is 5.92 Å². The summed E-state index contributed by atoms with van der Waals surface area (Å²) in [6.07, 6.45) is -0.578. The number of hydrogen-bond donors (Lipinski definition) is 3. The van der Waals surface area contributed by atoms with Crippen molar-refractivity contribution in [1.29, 1.82) is 0 Å². The minimum Gasteiger partial charge on any atom is -0.493 e. The number of methoxy groups -OCH3 is 2. The Balaban J connectivity index is 2.36. The molecule has 1 aromatic rings. The first-order chi connectivity index (χ1) is 11.5. The summed E-state index contributed by atoms with van der Waals surface area (Å²) in [6, 6.07) is 5.54. The molecular weight excluding hydrogens is 312 g/mol. The number of rotatable bonds is 7. The van der Waals surface area contributed by atoms with Gasteiger partial charge in [0.15, 0.2) is 11.5 Å². The molecule has 4 atom stereocenters. The molecule has 1 heterocycles. The Bertz CT molecular complexity index is 556. The fourth-order valence-corrected chi connectivity index (χ4v) is 3.21. The summed E-state index contributed by atoms with van der Waals surface area (Å²) in [4.78, 5) is 12.1. The lowest BCUT2D eigenvalue weighted by molar-refractivity contribution is -0.144. The molecule has 1 saturated heterocycles. The van der Waals surface area contributed by atoms with Crippen LogP contribution >= 0.6 is 0 Å². The molecule has 1 aromatic carbocycles. The maximum Gasteiger partial charge on any atom is 0.306 e. The molecular formula is C17H26N2O5. The van der Waals surface area contributed by atoms with Gasteiger partial charge in [-0.3, -0.25) is 10.2 Å². The van der Waals surface area contributed by atoms with Gasteiger partial charge in [0, 0.05) is 17.9 Å². The van der Waals surface area contributed by atoms with Crippen molar-refractivity contribution in [2.45, 2.75) is 38.5 Å². The van der Waals surface area contributed by atoms with Gasteiger partial charge >= 0.3 is 5.97 Å². The topological polar surface area (TPSA) is 89.1 Å². The van der Waals surface area contributed by atoms with Gasteiger partial charge in [0.05, 0.1) is 27.2 Å². The van der Waals surface area contributed by atoms with E-state index in [-0.39, 0.29) is 30.3 Å². The fourth-order valence-electron chi connectivity index (χ4n) is 3.21. The Labute approximate surface area is 142 Å². The molecule has 0 bridgehead atoms. The summed E-state index contributed by atoms with van der Waals surface area (Å²) >= 11 is 0. The van der Waals surface area contributed by atoms with Gasteiger partial charge in [-0.15, -0.1) is 0 Å². The predicted molar refractivity (Wildman–Crippen MR) is 88.8 cm³/mol. The lowest BCUT2D eigenvalue weighted by Crippen LogP contribution is -2.33. The molecule has 4 unspecified atom stereocenters. The van der Waals surface area contributed by atoms with Crippen LogP contribution in [0.5, 0.6) is 11.5 Å². The summed E-state index contributed by atoms with van der Waals surface area (Å²) in [5, 5.41) is 10.3. The van der Waals surface area contributed by atoms with Gasteiger partial charge in [-0.25, -0.2) is 5.43 Å². The van der Waals surface area contributed by atoms with Gasteiger partial charge in [-0.2, -0.15) is 0 Å². The fraction of sp³-hybridized carbons (Fsp3) is 0.588. The standard InChI is InChI=1S/C17H26N2O5/c1-5-24-15(20)9-12(16-10(2)18-19-17(16)21)11-6-7-13(22-3)14(8-11)23-4/h6-8,10,12,16-19,21H,5,9H2,1-4H3. The first-order valence-corrected chi connectivity index (χ1v) is 8.08. The van der Waals surface area contributed by atoms with E-state index in [0.717, 1.165) is 5.56 Å². The number of carbonyl (C=O) groups is 1. The Morgan fingerprint density at radius 1 is 1.25 bits per heavy atom. The summed E-state index contributed by atoms with van der Waals surface area (Å²) < 4.78 is 15.7. The summed E-state index contributed by atoms with van der Waals surface area (Å²) in [5.41, 5.74) is 6.73. The third-order valence-corrected chi connectivity index (χ3v) is 4.39. The van der Waals surface area contributed by atoms with E-state index in [1.54, 1.807) is 27.2 Å². The lowest BCUT2D eigenvalue weighted by Gasteiger charge is -2.28. The van der Waals surface area contributed by atoms with Gasteiger partial charge in [0.2, 0.25) is 0 Å². The van der Waals surface area contributed by atoms with Crippen molar-refractivity contribution in [3.8, 4) is 11.5 Å². The van der Waals surface area contributed by atoms with E-state index in [4.69, 9.17) is 14.2 Å². The molecule has 0 saturated carbocycles. The zero-order valence-corrected chi connectivity index (χ0v) is 14.5. The van der Waals surface area contributed by atoms with Gasteiger partial charge in [-0.05, 0) is 31.5 Å². The Hall–Kier alpha value is -1.83. The van der Waals surface area contributed by atoms with Crippen molar-refractivity contribution in [3.63, 3.8) is 0 Å². The largest absolute Gasteiger partial charge is 0.493 e. The number of benzene rings is 1. The van der Waals surface area contributed by atoms with E-state index >= 15 is 0 Å². The number of aliphatic hydroxyl groups excluding tert-OH is 1. The van der Waals surface area contributed by atoms with E-state index in [0.29, 0.717) is 18.1 Å². The summed E-state index contributed by atoms with van der Waals surface area (Å²) in [5.74, 6) is 0.504. The monoisotopic (exact) mass is 338 g/mol. The van der Waals surface area contributed by atoms with E-state index in [1.165, 1.54) is 0 Å². The zero-order valence-electron chi connectivity index (χ0n) is 14.5. The number of ether oxygens (including phenoxy) is 3. The van der Waals surface area contributed by atoms with Crippen LogP contribution < -0.4 is 20.3 Å². The Kier molecular flexibility index (Phi) is 6.42. The number of esters is 1. The maximum absolute atomic E-state index is 12.1.